The molecule has 30 heavy (non-hydrogen) atoms. The van der Waals surface area contributed by atoms with Crippen LogP contribution in [0.25, 0.3) is 11.4 Å². The molecule has 0 fully saturated rings. The van der Waals surface area contributed by atoms with Gasteiger partial charge in [-0.1, -0.05) is 19.9 Å². The molecule has 3 aromatic rings. The van der Waals surface area contributed by atoms with Crippen LogP contribution >= 0.6 is 0 Å². The Hall–Kier alpha value is -3.66. The van der Waals surface area contributed by atoms with Gasteiger partial charge in [-0.3, -0.25) is 15.1 Å². The Labute approximate surface area is 172 Å². The van der Waals surface area contributed by atoms with Crippen LogP contribution in [-0.2, 0) is 0 Å². The van der Waals surface area contributed by atoms with Crippen molar-refractivity contribution in [1.29, 1.82) is 0 Å². The van der Waals surface area contributed by atoms with Crippen molar-refractivity contribution in [3.63, 3.8) is 0 Å². The van der Waals surface area contributed by atoms with Gasteiger partial charge < -0.3 is 15.7 Å². The lowest BCUT2D eigenvalue weighted by Gasteiger charge is -2.20. The van der Waals surface area contributed by atoms with Crippen molar-refractivity contribution in [1.82, 2.24) is 15.0 Å². The summed E-state index contributed by atoms with van der Waals surface area (Å²) in [6.07, 6.45) is 1.63. The molecule has 2 heterocycles. The number of anilines is 3. The minimum atomic E-state index is -0.924. The van der Waals surface area contributed by atoms with Crippen molar-refractivity contribution in [2.75, 3.05) is 17.2 Å². The summed E-state index contributed by atoms with van der Waals surface area (Å²) in [7, 11) is 0. The standard InChI is InChI=1S/C20H21FN6O3/c1-12(2)17(11-28)25-20-24-16(15-5-3-4-8-22-15)10-19(26-20)23-13-6-7-14(21)18(9-13)27(29)30/h3-10,12,17,28H,11H2,1-2H3,(H2,23,24,25,26)/t17-/m1/s1. The first kappa shape index (κ1) is 21.1. The Balaban J connectivity index is 1.99. The summed E-state index contributed by atoms with van der Waals surface area (Å²) < 4.78 is 13.6. The SMILES string of the molecule is CC(C)[C@@H](CO)Nc1nc(Nc2ccc(F)c([N+](=O)[O-])c2)cc(-c2ccccn2)n1. The summed E-state index contributed by atoms with van der Waals surface area (Å²) in [6.45, 7) is 3.79. The maximum absolute atomic E-state index is 13.6. The number of nitro groups is 1. The van der Waals surface area contributed by atoms with E-state index in [2.05, 4.69) is 25.6 Å². The lowest BCUT2D eigenvalue weighted by molar-refractivity contribution is -0.387. The van der Waals surface area contributed by atoms with Gasteiger partial charge in [0.05, 0.1) is 29.0 Å². The van der Waals surface area contributed by atoms with E-state index >= 15 is 0 Å². The smallest absolute Gasteiger partial charge is 0.306 e. The van der Waals surface area contributed by atoms with Crippen LogP contribution in [0.15, 0.2) is 48.7 Å². The van der Waals surface area contributed by atoms with Crippen molar-refractivity contribution in [3.8, 4) is 11.4 Å². The molecule has 0 bridgehead atoms. The predicted molar refractivity (Wildman–Crippen MR) is 111 cm³/mol. The minimum absolute atomic E-state index is 0.109. The third kappa shape index (κ3) is 5.03. The highest BCUT2D eigenvalue weighted by Crippen LogP contribution is 2.26. The Bertz CT molecular complexity index is 1030. The molecular formula is C20H21FN6O3. The van der Waals surface area contributed by atoms with Crippen molar-refractivity contribution in [2.45, 2.75) is 19.9 Å². The van der Waals surface area contributed by atoms with Crippen LogP contribution in [0.5, 0.6) is 0 Å². The fourth-order valence-corrected chi connectivity index (χ4v) is 2.69. The van der Waals surface area contributed by atoms with Gasteiger partial charge in [-0.15, -0.1) is 0 Å². The first-order valence-electron chi connectivity index (χ1n) is 9.26. The Kier molecular flexibility index (Phi) is 6.48. The van der Waals surface area contributed by atoms with E-state index in [1.807, 2.05) is 19.9 Å². The van der Waals surface area contributed by atoms with Crippen LogP contribution < -0.4 is 10.6 Å². The van der Waals surface area contributed by atoms with Gasteiger partial charge in [0.1, 0.15) is 5.82 Å². The summed E-state index contributed by atoms with van der Waals surface area (Å²) in [5, 5.41) is 26.7. The van der Waals surface area contributed by atoms with Crippen molar-refractivity contribution in [2.24, 2.45) is 5.92 Å². The molecule has 10 heteroatoms. The van der Waals surface area contributed by atoms with E-state index in [-0.39, 0.29) is 24.5 Å². The van der Waals surface area contributed by atoms with E-state index in [9.17, 15) is 19.6 Å². The molecule has 1 atom stereocenters. The Morgan fingerprint density at radius 1 is 1.17 bits per heavy atom. The highest BCUT2D eigenvalue weighted by atomic mass is 19.1. The molecule has 0 aliphatic carbocycles. The zero-order valence-corrected chi connectivity index (χ0v) is 16.4. The number of pyridine rings is 1. The molecule has 0 unspecified atom stereocenters. The molecule has 156 valence electrons. The predicted octanol–water partition coefficient (Wildman–Crippen LogP) is 3.76. The Morgan fingerprint density at radius 3 is 2.60 bits per heavy atom. The first-order chi connectivity index (χ1) is 14.4. The summed E-state index contributed by atoms with van der Waals surface area (Å²) in [5.74, 6) is -0.222. The average Bonchev–Trinajstić information content (AvgIpc) is 2.73. The lowest BCUT2D eigenvalue weighted by atomic mass is 10.1. The second kappa shape index (κ2) is 9.23. The summed E-state index contributed by atoms with van der Waals surface area (Å²) in [5.41, 5.74) is 0.758. The zero-order chi connectivity index (χ0) is 21.7. The van der Waals surface area contributed by atoms with Crippen LogP contribution in [-0.4, -0.2) is 37.6 Å². The van der Waals surface area contributed by atoms with Crippen molar-refractivity contribution in [3.05, 3.63) is 64.6 Å². The zero-order valence-electron chi connectivity index (χ0n) is 16.4. The quantitative estimate of drug-likeness (QED) is 0.377. The molecule has 0 radical (unpaired) electrons. The number of nitro benzene ring substituents is 1. The molecule has 0 aliphatic heterocycles. The van der Waals surface area contributed by atoms with E-state index in [0.29, 0.717) is 22.9 Å². The van der Waals surface area contributed by atoms with Gasteiger partial charge in [0.15, 0.2) is 0 Å². The second-order valence-corrected chi connectivity index (χ2v) is 6.90. The number of nitrogens with one attached hydrogen (secondary N) is 2. The number of aliphatic hydroxyl groups is 1. The number of nitrogens with zero attached hydrogens (tertiary/aromatic N) is 4. The second-order valence-electron chi connectivity index (χ2n) is 6.90. The highest BCUT2D eigenvalue weighted by Gasteiger charge is 2.17. The normalized spacial score (nSPS) is 11.9. The number of hydrogen-bond donors (Lipinski definition) is 3. The third-order valence-corrected chi connectivity index (χ3v) is 4.38. The summed E-state index contributed by atoms with van der Waals surface area (Å²) in [4.78, 5) is 23.4. The van der Waals surface area contributed by atoms with E-state index in [1.54, 1.807) is 24.4 Å². The maximum Gasteiger partial charge on any atom is 0.306 e. The number of halogens is 1. The Morgan fingerprint density at radius 2 is 1.97 bits per heavy atom. The number of rotatable bonds is 8. The van der Waals surface area contributed by atoms with Crippen LogP contribution in [0.4, 0.5) is 27.5 Å². The lowest BCUT2D eigenvalue weighted by Crippen LogP contribution is -2.30. The highest BCUT2D eigenvalue weighted by molar-refractivity contribution is 5.66. The van der Waals surface area contributed by atoms with Gasteiger partial charge >= 0.3 is 5.69 Å². The molecule has 0 saturated heterocycles. The number of benzene rings is 1. The largest absolute Gasteiger partial charge is 0.394 e. The fraction of sp³-hybridized carbons (Fsp3) is 0.250. The molecule has 0 aliphatic rings. The van der Waals surface area contributed by atoms with Gasteiger partial charge in [0.2, 0.25) is 11.8 Å². The van der Waals surface area contributed by atoms with Gasteiger partial charge in [0, 0.05) is 24.0 Å². The molecule has 1 aromatic carbocycles. The first-order valence-corrected chi connectivity index (χ1v) is 9.26. The number of aliphatic hydroxyl groups excluding tert-OH is 1. The fourth-order valence-electron chi connectivity index (χ4n) is 2.69. The molecule has 3 N–H and O–H groups in total. The van der Waals surface area contributed by atoms with Gasteiger partial charge in [-0.2, -0.15) is 9.37 Å². The van der Waals surface area contributed by atoms with Crippen LogP contribution in [0.3, 0.4) is 0 Å². The third-order valence-electron chi connectivity index (χ3n) is 4.38. The average molecular weight is 412 g/mol. The molecule has 0 spiro atoms. The monoisotopic (exact) mass is 412 g/mol. The van der Waals surface area contributed by atoms with E-state index in [1.165, 1.54) is 6.07 Å². The minimum Gasteiger partial charge on any atom is -0.394 e. The van der Waals surface area contributed by atoms with E-state index in [0.717, 1.165) is 12.1 Å². The van der Waals surface area contributed by atoms with Crippen LogP contribution in [0.1, 0.15) is 13.8 Å². The molecule has 2 aromatic heterocycles. The summed E-state index contributed by atoms with van der Waals surface area (Å²) >= 11 is 0. The molecule has 9 nitrogen and oxygen atoms in total. The van der Waals surface area contributed by atoms with Gasteiger partial charge in [-0.25, -0.2) is 4.98 Å². The van der Waals surface area contributed by atoms with Gasteiger partial charge in [0.25, 0.3) is 0 Å². The molecular weight excluding hydrogens is 391 g/mol. The number of aromatic nitrogens is 3. The van der Waals surface area contributed by atoms with Gasteiger partial charge in [-0.05, 0) is 30.2 Å². The molecule has 0 saturated carbocycles. The van der Waals surface area contributed by atoms with Crippen molar-refractivity contribution >= 4 is 23.1 Å². The molecule has 3 rings (SSSR count). The van der Waals surface area contributed by atoms with E-state index in [4.69, 9.17) is 0 Å². The number of hydrogen-bond acceptors (Lipinski definition) is 8. The van der Waals surface area contributed by atoms with Crippen LogP contribution in [0.2, 0.25) is 0 Å². The van der Waals surface area contributed by atoms with Crippen LogP contribution in [0, 0.1) is 21.8 Å². The maximum atomic E-state index is 13.6. The molecule has 0 amide bonds. The van der Waals surface area contributed by atoms with Crippen molar-refractivity contribution < 1.29 is 14.4 Å². The topological polar surface area (TPSA) is 126 Å². The van der Waals surface area contributed by atoms with E-state index < -0.39 is 16.4 Å². The summed E-state index contributed by atoms with van der Waals surface area (Å²) in [6, 6.07) is 10.2.